The van der Waals surface area contributed by atoms with Crippen molar-refractivity contribution in [2.75, 3.05) is 13.1 Å². The van der Waals surface area contributed by atoms with Crippen LogP contribution in [0.4, 0.5) is 0 Å². The standard InChI is InChI=1S/C20H21NO4/c1-3-21(13-12-18(22)23)20(25)17-7-5-4-6-16(17)19(24)15-10-8-14(2)9-11-15/h4-11H,3,12-13H2,1-2H3,(H,22,23). The van der Waals surface area contributed by atoms with E-state index >= 15 is 0 Å². The van der Waals surface area contributed by atoms with Gasteiger partial charge in [-0.2, -0.15) is 0 Å². The fourth-order valence-corrected chi connectivity index (χ4v) is 2.53. The van der Waals surface area contributed by atoms with Gasteiger partial charge in [-0.25, -0.2) is 0 Å². The van der Waals surface area contributed by atoms with Crippen molar-refractivity contribution in [3.05, 3.63) is 70.8 Å². The first-order valence-corrected chi connectivity index (χ1v) is 8.15. The Balaban J connectivity index is 2.33. The van der Waals surface area contributed by atoms with Crippen LogP contribution < -0.4 is 0 Å². The fraction of sp³-hybridized carbons (Fsp3) is 0.250. The Kier molecular flexibility index (Phi) is 6.06. The highest BCUT2D eigenvalue weighted by Gasteiger charge is 2.22. The Labute approximate surface area is 146 Å². The quantitative estimate of drug-likeness (QED) is 0.786. The molecule has 0 saturated heterocycles. The Morgan fingerprint density at radius 2 is 1.56 bits per heavy atom. The first-order chi connectivity index (χ1) is 11.9. The summed E-state index contributed by atoms with van der Waals surface area (Å²) in [6.45, 7) is 4.20. The lowest BCUT2D eigenvalue weighted by molar-refractivity contribution is -0.137. The molecular weight excluding hydrogens is 318 g/mol. The third kappa shape index (κ3) is 4.53. The van der Waals surface area contributed by atoms with Crippen LogP contribution in [0.25, 0.3) is 0 Å². The number of hydrogen-bond acceptors (Lipinski definition) is 3. The van der Waals surface area contributed by atoms with E-state index in [9.17, 15) is 14.4 Å². The number of benzene rings is 2. The van der Waals surface area contributed by atoms with Crippen LogP contribution in [-0.2, 0) is 4.79 Å². The molecule has 0 unspecified atom stereocenters. The summed E-state index contributed by atoms with van der Waals surface area (Å²) in [7, 11) is 0. The molecule has 0 aromatic heterocycles. The van der Waals surface area contributed by atoms with Crippen LogP contribution in [0.1, 0.15) is 45.2 Å². The summed E-state index contributed by atoms with van der Waals surface area (Å²) in [5, 5.41) is 8.83. The lowest BCUT2D eigenvalue weighted by Gasteiger charge is -2.21. The maximum atomic E-state index is 12.8. The van der Waals surface area contributed by atoms with Gasteiger partial charge in [0.25, 0.3) is 5.91 Å². The smallest absolute Gasteiger partial charge is 0.305 e. The molecule has 0 aliphatic rings. The van der Waals surface area contributed by atoms with Gasteiger partial charge < -0.3 is 10.0 Å². The molecule has 2 rings (SSSR count). The number of rotatable bonds is 7. The number of carboxylic acid groups (broad SMARTS) is 1. The lowest BCUT2D eigenvalue weighted by atomic mass is 9.97. The summed E-state index contributed by atoms with van der Waals surface area (Å²) < 4.78 is 0. The molecule has 0 aliphatic carbocycles. The molecule has 0 heterocycles. The molecule has 130 valence electrons. The van der Waals surface area contributed by atoms with Crippen LogP contribution in [0.2, 0.25) is 0 Å². The topological polar surface area (TPSA) is 74.7 Å². The second kappa shape index (κ2) is 8.24. The van der Waals surface area contributed by atoms with Gasteiger partial charge in [0, 0.05) is 24.2 Å². The van der Waals surface area contributed by atoms with Gasteiger partial charge in [0.15, 0.2) is 5.78 Å². The van der Waals surface area contributed by atoms with Gasteiger partial charge in [-0.15, -0.1) is 0 Å². The summed E-state index contributed by atoms with van der Waals surface area (Å²) in [4.78, 5) is 37.8. The first kappa shape index (κ1) is 18.4. The minimum Gasteiger partial charge on any atom is -0.481 e. The molecule has 1 N–H and O–H groups in total. The summed E-state index contributed by atoms with van der Waals surface area (Å²) in [6.07, 6.45) is -0.131. The summed E-state index contributed by atoms with van der Waals surface area (Å²) in [6, 6.07) is 13.8. The van der Waals surface area contributed by atoms with Crippen LogP contribution >= 0.6 is 0 Å². The number of carbonyl (C=O) groups is 3. The van der Waals surface area contributed by atoms with Crippen LogP contribution in [0.5, 0.6) is 0 Å². The maximum absolute atomic E-state index is 12.8. The van der Waals surface area contributed by atoms with Gasteiger partial charge in [0.2, 0.25) is 0 Å². The molecule has 5 heteroatoms. The normalized spacial score (nSPS) is 10.3. The zero-order chi connectivity index (χ0) is 18.4. The van der Waals surface area contributed by atoms with E-state index in [-0.39, 0.29) is 24.7 Å². The van der Waals surface area contributed by atoms with Gasteiger partial charge in [0.1, 0.15) is 0 Å². The van der Waals surface area contributed by atoms with E-state index in [1.54, 1.807) is 43.3 Å². The zero-order valence-electron chi connectivity index (χ0n) is 14.4. The predicted molar refractivity (Wildman–Crippen MR) is 94.9 cm³/mol. The molecule has 0 aliphatic heterocycles. The molecule has 0 saturated carbocycles. The Morgan fingerprint density at radius 3 is 2.12 bits per heavy atom. The molecule has 0 radical (unpaired) electrons. The highest BCUT2D eigenvalue weighted by atomic mass is 16.4. The lowest BCUT2D eigenvalue weighted by Crippen LogP contribution is -2.33. The van der Waals surface area contributed by atoms with Crippen LogP contribution in [0.3, 0.4) is 0 Å². The third-order valence-corrected chi connectivity index (χ3v) is 3.98. The van der Waals surface area contributed by atoms with Crippen molar-refractivity contribution in [1.29, 1.82) is 0 Å². The Hall–Kier alpha value is -2.95. The molecule has 2 aromatic carbocycles. The van der Waals surface area contributed by atoms with Crippen molar-refractivity contribution in [2.24, 2.45) is 0 Å². The molecule has 0 atom stereocenters. The monoisotopic (exact) mass is 339 g/mol. The minimum absolute atomic E-state index is 0.109. The number of carboxylic acids is 1. The van der Waals surface area contributed by atoms with Crippen molar-refractivity contribution < 1.29 is 19.5 Å². The second-order valence-electron chi connectivity index (χ2n) is 5.77. The van der Waals surface area contributed by atoms with Crippen molar-refractivity contribution in [3.8, 4) is 0 Å². The number of nitrogens with zero attached hydrogens (tertiary/aromatic N) is 1. The zero-order valence-corrected chi connectivity index (χ0v) is 14.4. The number of aryl methyl sites for hydroxylation is 1. The average Bonchev–Trinajstić information content (AvgIpc) is 2.62. The molecular formula is C20H21NO4. The molecule has 5 nitrogen and oxygen atoms in total. The molecule has 25 heavy (non-hydrogen) atoms. The van der Waals surface area contributed by atoms with Crippen molar-refractivity contribution >= 4 is 17.7 Å². The molecule has 0 fully saturated rings. The van der Waals surface area contributed by atoms with E-state index in [0.717, 1.165) is 5.56 Å². The molecule has 0 bridgehead atoms. The van der Waals surface area contributed by atoms with Gasteiger partial charge >= 0.3 is 5.97 Å². The Morgan fingerprint density at radius 1 is 0.960 bits per heavy atom. The van der Waals surface area contributed by atoms with E-state index in [2.05, 4.69) is 0 Å². The van der Waals surface area contributed by atoms with Crippen LogP contribution in [-0.4, -0.2) is 40.8 Å². The summed E-state index contributed by atoms with van der Waals surface area (Å²) in [5.41, 5.74) is 2.18. The van der Waals surface area contributed by atoms with Crippen LogP contribution in [0, 0.1) is 6.92 Å². The number of aliphatic carboxylic acids is 1. The van der Waals surface area contributed by atoms with Gasteiger partial charge in [-0.3, -0.25) is 14.4 Å². The molecule has 2 aromatic rings. The second-order valence-corrected chi connectivity index (χ2v) is 5.77. The van der Waals surface area contributed by atoms with Gasteiger partial charge in [-0.05, 0) is 19.9 Å². The Bertz CT molecular complexity index is 781. The fourth-order valence-electron chi connectivity index (χ4n) is 2.53. The highest BCUT2D eigenvalue weighted by molar-refractivity contribution is 6.15. The summed E-state index contributed by atoms with van der Waals surface area (Å²) >= 11 is 0. The van der Waals surface area contributed by atoms with Crippen LogP contribution in [0.15, 0.2) is 48.5 Å². The maximum Gasteiger partial charge on any atom is 0.305 e. The number of ketones is 1. The van der Waals surface area contributed by atoms with Crippen molar-refractivity contribution in [3.63, 3.8) is 0 Å². The van der Waals surface area contributed by atoms with Crippen molar-refractivity contribution in [2.45, 2.75) is 20.3 Å². The first-order valence-electron chi connectivity index (χ1n) is 8.15. The van der Waals surface area contributed by atoms with Gasteiger partial charge in [-0.1, -0.05) is 48.0 Å². The molecule has 0 spiro atoms. The minimum atomic E-state index is -0.963. The van der Waals surface area contributed by atoms with Crippen molar-refractivity contribution in [1.82, 2.24) is 4.90 Å². The SMILES string of the molecule is CCN(CCC(=O)O)C(=O)c1ccccc1C(=O)c1ccc(C)cc1. The van der Waals surface area contributed by atoms with Gasteiger partial charge in [0.05, 0.1) is 12.0 Å². The largest absolute Gasteiger partial charge is 0.481 e. The summed E-state index contributed by atoms with van der Waals surface area (Å²) in [5.74, 6) is -1.52. The van der Waals surface area contributed by atoms with E-state index in [1.807, 2.05) is 19.1 Å². The number of hydrogen-bond donors (Lipinski definition) is 1. The number of amides is 1. The highest BCUT2D eigenvalue weighted by Crippen LogP contribution is 2.17. The predicted octanol–water partition coefficient (Wildman–Crippen LogP) is 3.16. The third-order valence-electron chi connectivity index (χ3n) is 3.98. The number of carbonyl (C=O) groups excluding carboxylic acids is 2. The molecule has 1 amide bonds. The van der Waals surface area contributed by atoms with E-state index in [1.165, 1.54) is 4.90 Å². The van der Waals surface area contributed by atoms with E-state index < -0.39 is 5.97 Å². The van der Waals surface area contributed by atoms with E-state index in [0.29, 0.717) is 23.2 Å². The average molecular weight is 339 g/mol. The van der Waals surface area contributed by atoms with E-state index in [4.69, 9.17) is 5.11 Å².